The van der Waals surface area contributed by atoms with Gasteiger partial charge < -0.3 is 4.42 Å². The normalized spacial score (nSPS) is 10.6. The van der Waals surface area contributed by atoms with Crippen LogP contribution in [-0.2, 0) is 0 Å². The van der Waals surface area contributed by atoms with Crippen LogP contribution in [0, 0.1) is 5.82 Å². The Morgan fingerprint density at radius 2 is 2.08 bits per heavy atom. The van der Waals surface area contributed by atoms with Crippen LogP contribution in [0.4, 0.5) is 9.52 Å². The van der Waals surface area contributed by atoms with Crippen molar-refractivity contribution in [2.75, 3.05) is 11.6 Å². The summed E-state index contributed by atoms with van der Waals surface area (Å²) in [5.41, 5.74) is -0.278. The summed E-state index contributed by atoms with van der Waals surface area (Å²) in [4.78, 5) is 23.9. The molecule has 1 amide bonds. The Balaban J connectivity index is 1.92. The van der Waals surface area contributed by atoms with Crippen molar-refractivity contribution >= 4 is 34.1 Å². The standard InChI is InChI=1S/C15H10FN3O3S2/c1-23-15-19-18-14(24-15)17-13(21)11-6-8(7-12(20)22-11)9-4-2-3-5-10(9)16/h2-7H,1H3,(H,17,18,21). The Labute approximate surface area is 143 Å². The lowest BCUT2D eigenvalue weighted by Crippen LogP contribution is -2.14. The number of aromatic nitrogens is 2. The maximum absolute atomic E-state index is 13.9. The Bertz CT molecular complexity index is 955. The van der Waals surface area contributed by atoms with Gasteiger partial charge in [-0.15, -0.1) is 10.2 Å². The fraction of sp³-hybridized carbons (Fsp3) is 0.0667. The lowest BCUT2D eigenvalue weighted by Gasteiger charge is -2.05. The highest BCUT2D eigenvalue weighted by atomic mass is 32.2. The van der Waals surface area contributed by atoms with Crippen molar-refractivity contribution in [2.45, 2.75) is 4.34 Å². The second-order valence-electron chi connectivity index (χ2n) is 4.54. The van der Waals surface area contributed by atoms with E-state index in [2.05, 4.69) is 15.5 Å². The number of thioether (sulfide) groups is 1. The lowest BCUT2D eigenvalue weighted by molar-refractivity contribution is 0.0992. The number of carbonyl (C=O) groups excluding carboxylic acids is 1. The predicted molar refractivity (Wildman–Crippen MR) is 90.0 cm³/mol. The zero-order chi connectivity index (χ0) is 17.1. The monoisotopic (exact) mass is 363 g/mol. The topological polar surface area (TPSA) is 85.1 Å². The molecule has 6 nitrogen and oxygen atoms in total. The number of benzene rings is 1. The molecule has 0 unspecified atom stereocenters. The molecule has 0 fully saturated rings. The van der Waals surface area contributed by atoms with Gasteiger partial charge in [-0.25, -0.2) is 9.18 Å². The molecule has 24 heavy (non-hydrogen) atoms. The summed E-state index contributed by atoms with van der Waals surface area (Å²) in [6, 6.07) is 8.41. The van der Waals surface area contributed by atoms with Crippen molar-refractivity contribution in [3.63, 3.8) is 0 Å². The number of hydrogen-bond acceptors (Lipinski definition) is 7. The van der Waals surface area contributed by atoms with Crippen LogP contribution in [0.15, 0.2) is 49.9 Å². The fourth-order valence-corrected chi connectivity index (χ4v) is 3.11. The average molecular weight is 363 g/mol. The number of hydrogen-bond donors (Lipinski definition) is 1. The summed E-state index contributed by atoms with van der Waals surface area (Å²) < 4.78 is 19.5. The number of carbonyl (C=O) groups is 1. The molecule has 2 aromatic heterocycles. The van der Waals surface area contributed by atoms with Gasteiger partial charge in [-0.2, -0.15) is 0 Å². The van der Waals surface area contributed by atoms with E-state index in [9.17, 15) is 14.0 Å². The Morgan fingerprint density at radius 3 is 2.79 bits per heavy atom. The lowest BCUT2D eigenvalue weighted by atomic mass is 10.1. The highest BCUT2D eigenvalue weighted by Gasteiger charge is 2.15. The third-order valence-electron chi connectivity index (χ3n) is 2.98. The molecule has 1 N–H and O–H groups in total. The first-order chi connectivity index (χ1) is 11.6. The zero-order valence-corrected chi connectivity index (χ0v) is 13.9. The van der Waals surface area contributed by atoms with E-state index in [0.29, 0.717) is 4.34 Å². The fourth-order valence-electron chi connectivity index (χ4n) is 1.94. The second kappa shape index (κ2) is 6.93. The van der Waals surface area contributed by atoms with Gasteiger partial charge in [0, 0.05) is 11.6 Å². The molecule has 0 saturated heterocycles. The number of nitrogens with one attached hydrogen (secondary N) is 1. The van der Waals surface area contributed by atoms with Crippen LogP contribution in [0.2, 0.25) is 0 Å². The molecule has 9 heteroatoms. The summed E-state index contributed by atoms with van der Waals surface area (Å²) in [7, 11) is 0. The summed E-state index contributed by atoms with van der Waals surface area (Å²) in [6.45, 7) is 0. The van der Waals surface area contributed by atoms with E-state index < -0.39 is 17.3 Å². The Kier molecular flexibility index (Phi) is 4.72. The molecule has 0 spiro atoms. The van der Waals surface area contributed by atoms with E-state index in [1.165, 1.54) is 47.4 Å². The van der Waals surface area contributed by atoms with Crippen LogP contribution in [0.5, 0.6) is 0 Å². The van der Waals surface area contributed by atoms with Crippen molar-refractivity contribution < 1.29 is 13.6 Å². The Hall–Kier alpha value is -2.52. The number of nitrogens with zero attached hydrogens (tertiary/aromatic N) is 2. The van der Waals surface area contributed by atoms with Crippen molar-refractivity contribution in [1.82, 2.24) is 10.2 Å². The number of amides is 1. The molecule has 3 rings (SSSR count). The van der Waals surface area contributed by atoms with Crippen molar-refractivity contribution in [3.8, 4) is 11.1 Å². The minimum Gasteiger partial charge on any atom is -0.417 e. The highest BCUT2D eigenvalue weighted by molar-refractivity contribution is 8.00. The number of anilines is 1. The van der Waals surface area contributed by atoms with Crippen LogP contribution in [0.1, 0.15) is 10.6 Å². The third-order valence-corrected chi connectivity index (χ3v) is 4.79. The van der Waals surface area contributed by atoms with Gasteiger partial charge in [0.25, 0.3) is 5.91 Å². The maximum Gasteiger partial charge on any atom is 0.336 e. The van der Waals surface area contributed by atoms with E-state index in [-0.39, 0.29) is 22.0 Å². The first-order valence-electron chi connectivity index (χ1n) is 6.66. The molecule has 0 radical (unpaired) electrons. The molecule has 2 heterocycles. The summed E-state index contributed by atoms with van der Waals surface area (Å²) in [5, 5.41) is 10.4. The first-order valence-corrected chi connectivity index (χ1v) is 8.70. The molecule has 0 atom stereocenters. The van der Waals surface area contributed by atoms with Gasteiger partial charge in [0.1, 0.15) is 5.82 Å². The van der Waals surface area contributed by atoms with E-state index in [0.717, 1.165) is 6.07 Å². The maximum atomic E-state index is 13.9. The largest absolute Gasteiger partial charge is 0.417 e. The van der Waals surface area contributed by atoms with E-state index in [1.807, 2.05) is 6.26 Å². The quantitative estimate of drug-likeness (QED) is 0.566. The average Bonchev–Trinajstić information content (AvgIpc) is 3.02. The molecule has 122 valence electrons. The smallest absolute Gasteiger partial charge is 0.336 e. The van der Waals surface area contributed by atoms with Crippen LogP contribution in [-0.4, -0.2) is 22.4 Å². The highest BCUT2D eigenvalue weighted by Crippen LogP contribution is 2.25. The van der Waals surface area contributed by atoms with Crippen molar-refractivity contribution in [2.24, 2.45) is 0 Å². The molecule has 0 saturated carbocycles. The van der Waals surface area contributed by atoms with E-state index in [4.69, 9.17) is 4.42 Å². The second-order valence-corrected chi connectivity index (χ2v) is 6.57. The third kappa shape index (κ3) is 3.52. The zero-order valence-electron chi connectivity index (χ0n) is 12.3. The molecule has 1 aromatic carbocycles. The first kappa shape index (κ1) is 16.3. The number of halogens is 1. The van der Waals surface area contributed by atoms with E-state index >= 15 is 0 Å². The van der Waals surface area contributed by atoms with E-state index in [1.54, 1.807) is 6.07 Å². The van der Waals surface area contributed by atoms with Crippen molar-refractivity contribution in [1.29, 1.82) is 0 Å². The Morgan fingerprint density at radius 1 is 1.29 bits per heavy atom. The summed E-state index contributed by atoms with van der Waals surface area (Å²) in [5.74, 6) is -1.39. The van der Waals surface area contributed by atoms with Crippen molar-refractivity contribution in [3.05, 3.63) is 58.4 Å². The van der Waals surface area contributed by atoms with Gasteiger partial charge in [-0.3, -0.25) is 10.1 Å². The molecule has 0 bridgehead atoms. The molecular weight excluding hydrogens is 353 g/mol. The molecule has 0 aliphatic rings. The van der Waals surface area contributed by atoms with Gasteiger partial charge >= 0.3 is 5.63 Å². The summed E-state index contributed by atoms with van der Waals surface area (Å²) >= 11 is 2.59. The molecule has 3 aromatic rings. The van der Waals surface area contributed by atoms with Crippen LogP contribution in [0.25, 0.3) is 11.1 Å². The molecule has 0 aliphatic heterocycles. The summed E-state index contributed by atoms with van der Waals surface area (Å²) in [6.07, 6.45) is 1.84. The molecular formula is C15H10FN3O3S2. The van der Waals surface area contributed by atoms with Crippen LogP contribution < -0.4 is 10.9 Å². The minimum atomic E-state index is -0.747. The van der Waals surface area contributed by atoms with Gasteiger partial charge in [0.05, 0.1) is 0 Å². The van der Waals surface area contributed by atoms with Gasteiger partial charge in [-0.1, -0.05) is 41.3 Å². The van der Waals surface area contributed by atoms with Crippen LogP contribution in [0.3, 0.4) is 0 Å². The van der Waals surface area contributed by atoms with Gasteiger partial charge in [0.15, 0.2) is 10.1 Å². The number of rotatable bonds is 4. The SMILES string of the molecule is CSc1nnc(NC(=O)c2cc(-c3ccccc3F)cc(=O)o2)s1. The molecule has 0 aliphatic carbocycles. The predicted octanol–water partition coefficient (Wildman–Crippen LogP) is 3.27. The van der Waals surface area contributed by atoms with Gasteiger partial charge in [0.2, 0.25) is 5.13 Å². The van der Waals surface area contributed by atoms with Crippen LogP contribution >= 0.6 is 23.1 Å². The minimum absolute atomic E-state index is 0.208. The van der Waals surface area contributed by atoms with Gasteiger partial charge in [-0.05, 0) is 24.0 Å².